The quantitative estimate of drug-likeness (QED) is 0.479. The van der Waals surface area contributed by atoms with E-state index in [-0.39, 0.29) is 17.4 Å². The molecule has 4 aromatic rings. The molecule has 7 nitrogen and oxygen atoms in total. The van der Waals surface area contributed by atoms with Crippen molar-refractivity contribution in [2.75, 3.05) is 13.1 Å². The van der Waals surface area contributed by atoms with Crippen molar-refractivity contribution in [2.45, 2.75) is 25.7 Å². The third kappa shape index (κ3) is 3.87. The molecule has 1 saturated heterocycles. The van der Waals surface area contributed by atoms with Crippen LogP contribution in [0.1, 0.15) is 25.1 Å². The Labute approximate surface area is 196 Å². The molecule has 1 unspecified atom stereocenters. The van der Waals surface area contributed by atoms with Crippen molar-refractivity contribution >= 4 is 16.7 Å². The summed E-state index contributed by atoms with van der Waals surface area (Å²) < 4.78 is 1.64. The van der Waals surface area contributed by atoms with E-state index in [1.165, 1.54) is 0 Å². The van der Waals surface area contributed by atoms with Crippen LogP contribution < -0.4 is 5.69 Å². The maximum Gasteiger partial charge on any atom is 0.347 e. The number of phenols is 1. The molecule has 0 spiro atoms. The summed E-state index contributed by atoms with van der Waals surface area (Å²) in [6, 6.07) is 19.3. The highest BCUT2D eigenvalue weighted by Gasteiger charge is 2.36. The average Bonchev–Trinajstić information content (AvgIpc) is 3.50. The Morgan fingerprint density at radius 2 is 1.71 bits per heavy atom. The molecular weight excluding hydrogens is 428 g/mol. The summed E-state index contributed by atoms with van der Waals surface area (Å²) in [6.45, 7) is 1.55. The van der Waals surface area contributed by atoms with Crippen LogP contribution >= 0.6 is 0 Å². The van der Waals surface area contributed by atoms with Crippen molar-refractivity contribution in [3.8, 4) is 22.6 Å². The fourth-order valence-corrected chi connectivity index (χ4v) is 4.99. The van der Waals surface area contributed by atoms with E-state index in [9.17, 15) is 14.7 Å². The number of carbonyl (C=O) groups is 1. The zero-order chi connectivity index (χ0) is 23.2. The number of hydrogen-bond donors (Lipinski definition) is 2. The van der Waals surface area contributed by atoms with Crippen molar-refractivity contribution in [3.05, 3.63) is 77.0 Å². The minimum atomic E-state index is -0.253. The van der Waals surface area contributed by atoms with Gasteiger partial charge in [-0.25, -0.2) is 14.5 Å². The van der Waals surface area contributed by atoms with Crippen LogP contribution in [0.3, 0.4) is 0 Å². The third-order valence-electron chi connectivity index (χ3n) is 7.02. The number of amides is 1. The summed E-state index contributed by atoms with van der Waals surface area (Å²) in [4.78, 5) is 26.9. The van der Waals surface area contributed by atoms with Gasteiger partial charge in [0.15, 0.2) is 0 Å². The van der Waals surface area contributed by atoms with Crippen LogP contribution in [0.2, 0.25) is 0 Å². The monoisotopic (exact) mass is 454 g/mol. The lowest BCUT2D eigenvalue weighted by molar-refractivity contribution is -0.131. The zero-order valence-electron chi connectivity index (χ0n) is 18.8. The number of fused-ring (bicyclic) bond motifs is 1. The third-order valence-corrected chi connectivity index (χ3v) is 7.02. The Balaban J connectivity index is 1.22. The molecule has 1 atom stereocenters. The molecule has 2 aliphatic rings. The van der Waals surface area contributed by atoms with E-state index in [1.807, 2.05) is 47.4 Å². The molecule has 7 heteroatoms. The van der Waals surface area contributed by atoms with Crippen LogP contribution in [-0.4, -0.2) is 43.8 Å². The molecule has 0 radical (unpaired) electrons. The molecule has 172 valence electrons. The number of aromatic nitrogens is 3. The van der Waals surface area contributed by atoms with E-state index >= 15 is 0 Å². The molecule has 2 fully saturated rings. The van der Waals surface area contributed by atoms with Gasteiger partial charge in [0, 0.05) is 25.4 Å². The summed E-state index contributed by atoms with van der Waals surface area (Å²) in [5.41, 5.74) is 2.63. The number of nitrogens with one attached hydrogen (secondary N) is 1. The van der Waals surface area contributed by atoms with E-state index in [0.717, 1.165) is 59.9 Å². The van der Waals surface area contributed by atoms with E-state index < -0.39 is 0 Å². The first-order valence-corrected chi connectivity index (χ1v) is 11.8. The molecule has 1 aliphatic heterocycles. The van der Waals surface area contributed by atoms with Gasteiger partial charge in [0.25, 0.3) is 0 Å². The van der Waals surface area contributed by atoms with Crippen LogP contribution in [0.5, 0.6) is 5.75 Å². The van der Waals surface area contributed by atoms with Crippen molar-refractivity contribution in [2.24, 2.45) is 11.8 Å². The Morgan fingerprint density at radius 3 is 2.50 bits per heavy atom. The Bertz CT molecular complexity index is 1430. The molecule has 6 rings (SSSR count). The van der Waals surface area contributed by atoms with E-state index in [2.05, 4.69) is 16.3 Å². The summed E-state index contributed by atoms with van der Waals surface area (Å²) in [6.07, 6.45) is 3.65. The van der Waals surface area contributed by atoms with Gasteiger partial charge in [-0.05, 0) is 77.4 Å². The highest BCUT2D eigenvalue weighted by molar-refractivity contribution is 5.88. The van der Waals surface area contributed by atoms with Gasteiger partial charge in [-0.3, -0.25) is 4.79 Å². The van der Waals surface area contributed by atoms with E-state index in [0.29, 0.717) is 24.1 Å². The van der Waals surface area contributed by atoms with Crippen molar-refractivity contribution in [1.82, 2.24) is 19.7 Å². The first kappa shape index (κ1) is 20.7. The number of aromatic hydroxyl groups is 1. The number of H-pyrrole nitrogens is 1. The molecule has 0 bridgehead atoms. The van der Waals surface area contributed by atoms with Gasteiger partial charge in [0.05, 0.1) is 5.69 Å². The van der Waals surface area contributed by atoms with Crippen LogP contribution in [0.15, 0.2) is 65.5 Å². The van der Waals surface area contributed by atoms with E-state index in [4.69, 9.17) is 0 Å². The summed E-state index contributed by atoms with van der Waals surface area (Å²) in [7, 11) is 0. The predicted molar refractivity (Wildman–Crippen MR) is 130 cm³/mol. The molecule has 1 aliphatic carbocycles. The summed E-state index contributed by atoms with van der Waals surface area (Å²) in [5.74, 6) is 1.81. The largest absolute Gasteiger partial charge is 0.508 e. The second-order valence-electron chi connectivity index (χ2n) is 9.49. The van der Waals surface area contributed by atoms with Gasteiger partial charge in [-0.1, -0.05) is 30.3 Å². The van der Waals surface area contributed by atoms with Crippen LogP contribution in [0.4, 0.5) is 0 Å². The lowest BCUT2D eigenvalue weighted by Crippen LogP contribution is -2.30. The van der Waals surface area contributed by atoms with Gasteiger partial charge in [0.1, 0.15) is 11.6 Å². The smallest absolute Gasteiger partial charge is 0.347 e. The average molecular weight is 455 g/mol. The predicted octanol–water partition coefficient (Wildman–Crippen LogP) is 3.89. The molecule has 3 aromatic carbocycles. The molecule has 1 aromatic heterocycles. The molecular formula is C27H26N4O3. The van der Waals surface area contributed by atoms with Gasteiger partial charge in [-0.2, -0.15) is 5.10 Å². The summed E-state index contributed by atoms with van der Waals surface area (Å²) >= 11 is 0. The highest BCUT2D eigenvalue weighted by atomic mass is 16.3. The SMILES string of the molecule is O=C(C1CC1)N1CCC(Cc2n[nH]c(=O)n2-c2ccc(-c3ccc4cc(O)ccc4c3)cc2)C1. The fraction of sp³-hybridized carbons (Fsp3) is 0.296. The van der Waals surface area contributed by atoms with Crippen molar-refractivity contribution < 1.29 is 9.90 Å². The number of carbonyl (C=O) groups excluding carboxylic acids is 1. The molecule has 1 amide bonds. The lowest BCUT2D eigenvalue weighted by Gasteiger charge is -2.16. The molecule has 34 heavy (non-hydrogen) atoms. The Hall–Kier alpha value is -3.87. The standard InChI is InChI=1S/C27H26N4O3/c32-24-10-7-21-14-20(3-4-22(21)15-24)18-5-8-23(9-6-18)31-25(28-29-27(31)34)13-17-11-12-30(16-17)26(33)19-1-2-19/h3-10,14-15,17,19,32H,1-2,11-13,16H2,(H,29,34). The van der Waals surface area contributed by atoms with Crippen molar-refractivity contribution in [3.63, 3.8) is 0 Å². The first-order chi connectivity index (χ1) is 16.5. The normalized spacial score (nSPS) is 18.0. The Morgan fingerprint density at radius 1 is 0.971 bits per heavy atom. The lowest BCUT2D eigenvalue weighted by atomic mass is 10.0. The minimum Gasteiger partial charge on any atom is -0.508 e. The van der Waals surface area contributed by atoms with Gasteiger partial charge in [-0.15, -0.1) is 0 Å². The number of aromatic amines is 1. The van der Waals surface area contributed by atoms with Crippen LogP contribution in [0, 0.1) is 11.8 Å². The topological polar surface area (TPSA) is 91.2 Å². The number of likely N-dealkylation sites (tertiary alicyclic amines) is 1. The number of benzene rings is 3. The highest BCUT2D eigenvalue weighted by Crippen LogP contribution is 2.33. The number of hydrogen-bond acceptors (Lipinski definition) is 4. The molecule has 2 heterocycles. The summed E-state index contributed by atoms with van der Waals surface area (Å²) in [5, 5.41) is 18.6. The second kappa shape index (κ2) is 8.17. The zero-order valence-corrected chi connectivity index (χ0v) is 18.8. The fourth-order valence-electron chi connectivity index (χ4n) is 4.99. The maximum absolute atomic E-state index is 12.6. The van der Waals surface area contributed by atoms with E-state index in [1.54, 1.807) is 16.7 Å². The number of nitrogens with zero attached hydrogens (tertiary/aromatic N) is 3. The van der Waals surface area contributed by atoms with Crippen LogP contribution in [-0.2, 0) is 11.2 Å². The van der Waals surface area contributed by atoms with Gasteiger partial charge >= 0.3 is 5.69 Å². The van der Waals surface area contributed by atoms with Gasteiger partial charge < -0.3 is 10.0 Å². The molecule has 2 N–H and O–H groups in total. The number of phenolic OH excluding ortho intramolecular Hbond substituents is 1. The molecule has 1 saturated carbocycles. The maximum atomic E-state index is 12.6. The number of rotatable bonds is 5. The van der Waals surface area contributed by atoms with Crippen LogP contribution in [0.25, 0.3) is 27.6 Å². The Kier molecular flexibility index (Phi) is 4.98. The second-order valence-corrected chi connectivity index (χ2v) is 9.49. The first-order valence-electron chi connectivity index (χ1n) is 11.8. The van der Waals surface area contributed by atoms with Gasteiger partial charge in [0.2, 0.25) is 5.91 Å². The van der Waals surface area contributed by atoms with Crippen molar-refractivity contribution in [1.29, 1.82) is 0 Å². The minimum absolute atomic E-state index is 0.246.